The first-order valence-electron chi connectivity index (χ1n) is 16.7. The molecule has 0 saturated carbocycles. The average Bonchev–Trinajstić information content (AvgIpc) is 3.17. The molecule has 0 unspecified atom stereocenters. The van der Waals surface area contributed by atoms with E-state index in [9.17, 15) is 0 Å². The van der Waals surface area contributed by atoms with Gasteiger partial charge in [0, 0.05) is 21.9 Å². The van der Waals surface area contributed by atoms with Crippen LogP contribution in [0.3, 0.4) is 0 Å². The summed E-state index contributed by atoms with van der Waals surface area (Å²) in [7, 11) is 0. The average molecular weight is 619 g/mol. The number of hydrogen-bond donors (Lipinski definition) is 0. The lowest BCUT2D eigenvalue weighted by atomic mass is 9.87. The second kappa shape index (κ2) is 9.94. The molecule has 0 fully saturated rings. The molecular formula is C48H26O. The Morgan fingerprint density at radius 1 is 0.347 bits per heavy atom. The lowest BCUT2D eigenvalue weighted by Gasteiger charge is -2.23. The summed E-state index contributed by atoms with van der Waals surface area (Å²) in [5.74, 6) is 1.82. The molecule has 0 saturated heterocycles. The molecule has 49 heavy (non-hydrogen) atoms. The van der Waals surface area contributed by atoms with Crippen molar-refractivity contribution in [2.45, 2.75) is 0 Å². The number of para-hydroxylation sites is 1. The first kappa shape index (κ1) is 26.4. The van der Waals surface area contributed by atoms with E-state index in [0.29, 0.717) is 0 Å². The molecule has 0 amide bonds. The Balaban J connectivity index is 1.13. The van der Waals surface area contributed by atoms with Crippen LogP contribution in [0.5, 0.6) is 11.5 Å². The summed E-state index contributed by atoms with van der Waals surface area (Å²) in [6.07, 6.45) is 0. The van der Waals surface area contributed by atoms with Crippen molar-refractivity contribution < 1.29 is 4.74 Å². The zero-order chi connectivity index (χ0) is 32.1. The molecule has 224 valence electrons. The van der Waals surface area contributed by atoms with Gasteiger partial charge in [0.15, 0.2) is 0 Å². The highest BCUT2D eigenvalue weighted by Crippen LogP contribution is 2.50. The molecule has 11 rings (SSSR count). The van der Waals surface area contributed by atoms with Crippen LogP contribution in [0.4, 0.5) is 0 Å². The van der Waals surface area contributed by atoms with Gasteiger partial charge in [0.1, 0.15) is 11.5 Å². The van der Waals surface area contributed by atoms with Gasteiger partial charge in [-0.1, -0.05) is 121 Å². The van der Waals surface area contributed by atoms with E-state index in [1.165, 1.54) is 75.9 Å². The maximum absolute atomic E-state index is 6.49. The quantitative estimate of drug-likeness (QED) is 0.175. The predicted molar refractivity (Wildman–Crippen MR) is 206 cm³/mol. The molecule has 0 atom stereocenters. The maximum atomic E-state index is 6.49. The molecule has 1 nitrogen and oxygen atoms in total. The maximum Gasteiger partial charge on any atom is 0.136 e. The normalized spacial score (nSPS) is 12.1. The molecule has 1 heterocycles. The Kier molecular flexibility index (Phi) is 5.37. The van der Waals surface area contributed by atoms with Crippen LogP contribution in [0.2, 0.25) is 0 Å². The molecule has 0 bridgehead atoms. The Morgan fingerprint density at radius 2 is 1.08 bits per heavy atom. The van der Waals surface area contributed by atoms with E-state index in [2.05, 4.69) is 164 Å². The van der Waals surface area contributed by atoms with E-state index < -0.39 is 0 Å². The Morgan fingerprint density at radius 3 is 2.04 bits per heavy atom. The third-order valence-electron chi connectivity index (χ3n) is 10.4. The van der Waals surface area contributed by atoms with Crippen LogP contribution in [-0.4, -0.2) is 0 Å². The Bertz CT molecular complexity index is 3020. The molecule has 1 heteroatoms. The SMILES string of the molecule is c1c(-c2ccc3ccccc3c2)cc2c(c#1)ccc1c3cc(-c4cc5c6c(cc7ccccc7c6c4)Oc4ccccc4-5)ccc3ccc21. The number of ether oxygens (including phenoxy) is 1. The number of rotatable bonds is 2. The van der Waals surface area contributed by atoms with Gasteiger partial charge in [0.05, 0.1) is 0 Å². The molecule has 0 radical (unpaired) electrons. The minimum Gasteiger partial charge on any atom is -0.456 e. The molecule has 0 N–H and O–H groups in total. The molecule has 0 aliphatic carbocycles. The summed E-state index contributed by atoms with van der Waals surface area (Å²) in [5.41, 5.74) is 6.95. The van der Waals surface area contributed by atoms with Crippen molar-refractivity contribution in [2.24, 2.45) is 0 Å². The highest BCUT2D eigenvalue weighted by atomic mass is 16.5. The van der Waals surface area contributed by atoms with E-state index in [0.717, 1.165) is 33.6 Å². The zero-order valence-electron chi connectivity index (χ0n) is 26.4. The van der Waals surface area contributed by atoms with Gasteiger partial charge in [-0.05, 0) is 125 Å². The fraction of sp³-hybridized carbons (Fsp3) is 0. The number of fused-ring (bicyclic) bond motifs is 10. The molecule has 0 aromatic heterocycles. The van der Waals surface area contributed by atoms with E-state index >= 15 is 0 Å². The van der Waals surface area contributed by atoms with Gasteiger partial charge < -0.3 is 4.74 Å². The van der Waals surface area contributed by atoms with Crippen LogP contribution in [-0.2, 0) is 0 Å². The van der Waals surface area contributed by atoms with Crippen molar-refractivity contribution in [1.29, 1.82) is 0 Å². The van der Waals surface area contributed by atoms with Gasteiger partial charge in [0.25, 0.3) is 0 Å². The lowest BCUT2D eigenvalue weighted by molar-refractivity contribution is 0.487. The van der Waals surface area contributed by atoms with Crippen molar-refractivity contribution >= 4 is 64.6 Å². The third kappa shape index (κ3) is 3.95. The van der Waals surface area contributed by atoms with E-state index in [1.807, 2.05) is 6.07 Å². The van der Waals surface area contributed by atoms with Crippen molar-refractivity contribution in [3.05, 3.63) is 170 Å². The van der Waals surface area contributed by atoms with Gasteiger partial charge in [-0.2, -0.15) is 0 Å². The van der Waals surface area contributed by atoms with Crippen LogP contribution in [0, 0.1) is 12.1 Å². The van der Waals surface area contributed by atoms with Crippen LogP contribution in [0.25, 0.3) is 98.0 Å². The molecule has 10 aromatic carbocycles. The fourth-order valence-corrected chi connectivity index (χ4v) is 7.99. The van der Waals surface area contributed by atoms with E-state index in [1.54, 1.807) is 0 Å². The largest absolute Gasteiger partial charge is 0.456 e. The van der Waals surface area contributed by atoms with Gasteiger partial charge >= 0.3 is 0 Å². The second-order valence-corrected chi connectivity index (χ2v) is 13.1. The molecule has 1 aliphatic heterocycles. The van der Waals surface area contributed by atoms with E-state index in [-0.39, 0.29) is 0 Å². The smallest absolute Gasteiger partial charge is 0.136 e. The first-order valence-corrected chi connectivity index (χ1v) is 16.7. The van der Waals surface area contributed by atoms with Crippen LogP contribution in [0.15, 0.2) is 158 Å². The highest BCUT2D eigenvalue weighted by molar-refractivity contribution is 6.20. The van der Waals surface area contributed by atoms with Gasteiger partial charge in [0.2, 0.25) is 0 Å². The lowest BCUT2D eigenvalue weighted by Crippen LogP contribution is -1.98. The number of hydrogen-bond acceptors (Lipinski definition) is 1. The fourth-order valence-electron chi connectivity index (χ4n) is 7.99. The van der Waals surface area contributed by atoms with E-state index in [4.69, 9.17) is 4.74 Å². The van der Waals surface area contributed by atoms with Crippen molar-refractivity contribution in [3.63, 3.8) is 0 Å². The summed E-state index contributed by atoms with van der Waals surface area (Å²) >= 11 is 0. The number of benzene rings is 9. The summed E-state index contributed by atoms with van der Waals surface area (Å²) in [6.45, 7) is 0. The van der Waals surface area contributed by atoms with Crippen molar-refractivity contribution in [3.8, 4) is 44.9 Å². The molecule has 0 spiro atoms. The van der Waals surface area contributed by atoms with Crippen LogP contribution >= 0.6 is 0 Å². The predicted octanol–water partition coefficient (Wildman–Crippen LogP) is 13.3. The summed E-state index contributed by atoms with van der Waals surface area (Å²) in [5, 5.41) is 14.5. The third-order valence-corrected chi connectivity index (χ3v) is 10.4. The summed E-state index contributed by atoms with van der Waals surface area (Å²) < 4.78 is 6.49. The summed E-state index contributed by atoms with van der Waals surface area (Å²) in [6, 6.07) is 64.1. The minimum atomic E-state index is 0.900. The highest BCUT2D eigenvalue weighted by Gasteiger charge is 2.22. The Labute approximate surface area is 283 Å². The van der Waals surface area contributed by atoms with Crippen molar-refractivity contribution in [2.75, 3.05) is 0 Å². The van der Waals surface area contributed by atoms with Gasteiger partial charge in [-0.15, -0.1) is 0 Å². The second-order valence-electron chi connectivity index (χ2n) is 13.1. The van der Waals surface area contributed by atoms with Crippen molar-refractivity contribution in [1.82, 2.24) is 0 Å². The minimum absolute atomic E-state index is 0.900. The Hall–Kier alpha value is -6.62. The topological polar surface area (TPSA) is 9.23 Å². The zero-order valence-corrected chi connectivity index (χ0v) is 26.4. The molecule has 10 aromatic rings. The summed E-state index contributed by atoms with van der Waals surface area (Å²) in [4.78, 5) is 0. The monoisotopic (exact) mass is 618 g/mol. The van der Waals surface area contributed by atoms with Gasteiger partial charge in [-0.25, -0.2) is 0 Å². The van der Waals surface area contributed by atoms with Crippen LogP contribution < -0.4 is 4.74 Å². The standard InChI is InChI=1S/C48H26O/c1-2-8-32-23-33(16-13-29(32)7-1)34-17-14-30-19-22-40-39(42(30)24-34)21-20-31-15-18-35(25-43(31)40)37-26-44-38-10-4-3-9-36(38)28-47-48(44)45(27-37)41-11-5-6-12-46(41)49-47/h1-13,15-16,18-28H. The van der Waals surface area contributed by atoms with Crippen LogP contribution in [0.1, 0.15) is 0 Å². The molecular weight excluding hydrogens is 593 g/mol. The molecule has 1 aliphatic rings. The van der Waals surface area contributed by atoms with Gasteiger partial charge in [-0.3, -0.25) is 0 Å². The first-order chi connectivity index (χ1) is 24.2.